The summed E-state index contributed by atoms with van der Waals surface area (Å²) in [5.74, 6) is 1.14. The molecule has 1 N–H and O–H groups in total. The van der Waals surface area contributed by atoms with Crippen LogP contribution in [0.15, 0.2) is 21.2 Å². The van der Waals surface area contributed by atoms with Crippen molar-refractivity contribution in [3.8, 4) is 0 Å². The van der Waals surface area contributed by atoms with Gasteiger partial charge in [-0.25, -0.2) is 0 Å². The third-order valence-corrected chi connectivity index (χ3v) is 3.33. The maximum absolute atomic E-state index is 11.7. The van der Waals surface area contributed by atoms with Crippen LogP contribution in [0.25, 0.3) is 0 Å². The van der Waals surface area contributed by atoms with Gasteiger partial charge in [-0.1, -0.05) is 0 Å². The topological polar surface area (TPSA) is 45.5 Å². The van der Waals surface area contributed by atoms with Gasteiger partial charge in [-0.15, -0.1) is 0 Å². The van der Waals surface area contributed by atoms with Crippen LogP contribution in [0, 0.1) is 0 Å². The minimum Gasteiger partial charge on any atom is -0.453 e. The number of furan rings is 1. The minimum atomic E-state index is 0.260. The number of amides is 1. The number of halogens is 1. The standard InChI is InChI=1S/C12H17BrN2O2/c13-11-4-3-10(17-11)9-14-6-5-12(16)15-7-1-2-8-15/h3-4,14H,1-2,5-9H2. The van der Waals surface area contributed by atoms with E-state index < -0.39 is 0 Å². The molecule has 94 valence electrons. The van der Waals surface area contributed by atoms with E-state index in [1.54, 1.807) is 0 Å². The Bertz CT molecular complexity index is 372. The minimum absolute atomic E-state index is 0.260. The first-order chi connectivity index (χ1) is 8.25. The van der Waals surface area contributed by atoms with E-state index >= 15 is 0 Å². The highest BCUT2D eigenvalue weighted by Crippen LogP contribution is 2.13. The highest BCUT2D eigenvalue weighted by molar-refractivity contribution is 9.10. The molecule has 0 unspecified atom stereocenters. The van der Waals surface area contributed by atoms with E-state index in [1.807, 2.05) is 17.0 Å². The summed E-state index contributed by atoms with van der Waals surface area (Å²) < 4.78 is 6.09. The lowest BCUT2D eigenvalue weighted by Crippen LogP contribution is -2.30. The molecule has 0 aromatic carbocycles. The number of hydrogen-bond acceptors (Lipinski definition) is 3. The quantitative estimate of drug-likeness (QED) is 0.848. The highest BCUT2D eigenvalue weighted by Gasteiger charge is 2.16. The maximum Gasteiger partial charge on any atom is 0.223 e. The predicted molar refractivity (Wildman–Crippen MR) is 68.5 cm³/mol. The van der Waals surface area contributed by atoms with Gasteiger partial charge >= 0.3 is 0 Å². The number of likely N-dealkylation sites (tertiary alicyclic amines) is 1. The summed E-state index contributed by atoms with van der Waals surface area (Å²) in [5.41, 5.74) is 0. The Morgan fingerprint density at radius 2 is 2.18 bits per heavy atom. The first-order valence-electron chi connectivity index (χ1n) is 5.98. The lowest BCUT2D eigenvalue weighted by molar-refractivity contribution is -0.130. The summed E-state index contributed by atoms with van der Waals surface area (Å²) in [5, 5.41) is 3.21. The summed E-state index contributed by atoms with van der Waals surface area (Å²) >= 11 is 3.25. The summed E-state index contributed by atoms with van der Waals surface area (Å²) in [6, 6.07) is 3.78. The lowest BCUT2D eigenvalue weighted by Gasteiger charge is -2.14. The van der Waals surface area contributed by atoms with Crippen LogP contribution in [0.3, 0.4) is 0 Å². The highest BCUT2D eigenvalue weighted by atomic mass is 79.9. The number of nitrogens with one attached hydrogen (secondary N) is 1. The van der Waals surface area contributed by atoms with Crippen LogP contribution < -0.4 is 5.32 Å². The van der Waals surface area contributed by atoms with Gasteiger partial charge in [-0.05, 0) is 40.9 Å². The van der Waals surface area contributed by atoms with Gasteiger partial charge in [0.25, 0.3) is 0 Å². The Morgan fingerprint density at radius 1 is 1.41 bits per heavy atom. The van der Waals surface area contributed by atoms with Gasteiger partial charge in [0.2, 0.25) is 5.91 Å². The first-order valence-corrected chi connectivity index (χ1v) is 6.78. The number of carbonyl (C=O) groups excluding carboxylic acids is 1. The third kappa shape index (κ3) is 3.85. The zero-order valence-corrected chi connectivity index (χ0v) is 11.3. The van der Waals surface area contributed by atoms with E-state index in [9.17, 15) is 4.79 Å². The van der Waals surface area contributed by atoms with Crippen molar-refractivity contribution in [2.45, 2.75) is 25.8 Å². The molecule has 5 heteroatoms. The molecule has 0 aliphatic carbocycles. The van der Waals surface area contributed by atoms with Gasteiger partial charge in [-0.3, -0.25) is 4.79 Å². The van der Waals surface area contributed by atoms with E-state index in [2.05, 4.69) is 21.2 Å². The zero-order chi connectivity index (χ0) is 12.1. The van der Waals surface area contributed by atoms with Gasteiger partial charge in [0.1, 0.15) is 5.76 Å². The summed E-state index contributed by atoms with van der Waals surface area (Å²) in [6.07, 6.45) is 2.88. The average molecular weight is 301 g/mol. The molecule has 1 aromatic heterocycles. The van der Waals surface area contributed by atoms with E-state index in [0.29, 0.717) is 19.5 Å². The first kappa shape index (κ1) is 12.6. The van der Waals surface area contributed by atoms with Crippen LogP contribution in [0.4, 0.5) is 0 Å². The fourth-order valence-electron chi connectivity index (χ4n) is 1.98. The summed E-state index contributed by atoms with van der Waals surface area (Å²) in [4.78, 5) is 13.7. The molecule has 17 heavy (non-hydrogen) atoms. The Labute approximate surface area is 109 Å². The van der Waals surface area contributed by atoms with Crippen molar-refractivity contribution in [3.05, 3.63) is 22.6 Å². The number of hydrogen-bond donors (Lipinski definition) is 1. The van der Waals surface area contributed by atoms with E-state index in [-0.39, 0.29) is 5.91 Å². The number of nitrogens with zero attached hydrogens (tertiary/aromatic N) is 1. The van der Waals surface area contributed by atoms with Crippen LogP contribution >= 0.6 is 15.9 Å². The van der Waals surface area contributed by atoms with Gasteiger partial charge in [0.15, 0.2) is 4.67 Å². The molecule has 1 aliphatic heterocycles. The monoisotopic (exact) mass is 300 g/mol. The lowest BCUT2D eigenvalue weighted by atomic mass is 10.3. The Hall–Kier alpha value is -0.810. The van der Waals surface area contributed by atoms with Crippen molar-refractivity contribution in [1.29, 1.82) is 0 Å². The van der Waals surface area contributed by atoms with Crippen molar-refractivity contribution in [2.75, 3.05) is 19.6 Å². The van der Waals surface area contributed by atoms with E-state index in [4.69, 9.17) is 4.42 Å². The SMILES string of the molecule is O=C(CCNCc1ccc(Br)o1)N1CCCC1. The average Bonchev–Trinajstić information content (AvgIpc) is 2.95. The number of rotatable bonds is 5. The molecule has 1 amide bonds. The van der Waals surface area contributed by atoms with Crippen LogP contribution in [-0.4, -0.2) is 30.4 Å². The molecule has 2 rings (SSSR count). The largest absolute Gasteiger partial charge is 0.453 e. The second-order valence-corrected chi connectivity index (χ2v) is 5.00. The molecule has 4 nitrogen and oxygen atoms in total. The molecule has 0 atom stereocenters. The predicted octanol–water partition coefficient (Wildman–Crippen LogP) is 2.14. The van der Waals surface area contributed by atoms with Gasteiger partial charge in [0.05, 0.1) is 6.54 Å². The molecular weight excluding hydrogens is 284 g/mol. The molecule has 0 spiro atoms. The molecule has 0 bridgehead atoms. The molecule has 1 saturated heterocycles. The molecule has 0 saturated carbocycles. The van der Waals surface area contributed by atoms with Crippen molar-refractivity contribution < 1.29 is 9.21 Å². The molecule has 1 fully saturated rings. The molecule has 0 radical (unpaired) electrons. The molecule has 2 heterocycles. The third-order valence-electron chi connectivity index (χ3n) is 2.90. The van der Waals surface area contributed by atoms with Crippen LogP contribution in [0.2, 0.25) is 0 Å². The smallest absolute Gasteiger partial charge is 0.223 e. The molecule has 1 aromatic rings. The van der Waals surface area contributed by atoms with Gasteiger partial charge in [0, 0.05) is 26.1 Å². The normalized spacial score (nSPS) is 15.5. The summed E-state index contributed by atoms with van der Waals surface area (Å²) in [7, 11) is 0. The fourth-order valence-corrected chi connectivity index (χ4v) is 2.32. The van der Waals surface area contributed by atoms with Crippen LogP contribution in [-0.2, 0) is 11.3 Å². The Morgan fingerprint density at radius 3 is 2.82 bits per heavy atom. The maximum atomic E-state index is 11.7. The second kappa shape index (κ2) is 6.21. The van der Waals surface area contributed by atoms with Crippen LogP contribution in [0.5, 0.6) is 0 Å². The van der Waals surface area contributed by atoms with Gasteiger partial charge in [-0.2, -0.15) is 0 Å². The second-order valence-electron chi connectivity index (χ2n) is 4.22. The van der Waals surface area contributed by atoms with E-state index in [1.165, 1.54) is 0 Å². The zero-order valence-electron chi connectivity index (χ0n) is 9.75. The Kier molecular flexibility index (Phi) is 4.62. The van der Waals surface area contributed by atoms with Crippen molar-refractivity contribution in [2.24, 2.45) is 0 Å². The van der Waals surface area contributed by atoms with Crippen LogP contribution in [0.1, 0.15) is 25.0 Å². The molecular formula is C12H17BrN2O2. The number of carbonyl (C=O) groups is 1. The fraction of sp³-hybridized carbons (Fsp3) is 0.583. The molecule has 1 aliphatic rings. The van der Waals surface area contributed by atoms with Gasteiger partial charge < -0.3 is 14.6 Å². The van der Waals surface area contributed by atoms with Crippen molar-refractivity contribution >= 4 is 21.8 Å². The van der Waals surface area contributed by atoms with Crippen molar-refractivity contribution in [3.63, 3.8) is 0 Å². The summed E-state index contributed by atoms with van der Waals surface area (Å²) in [6.45, 7) is 3.24. The Balaban J connectivity index is 1.61. The van der Waals surface area contributed by atoms with E-state index in [0.717, 1.165) is 36.4 Å². The van der Waals surface area contributed by atoms with Crippen molar-refractivity contribution in [1.82, 2.24) is 10.2 Å².